The molecule has 0 aromatic heterocycles. The van der Waals surface area contributed by atoms with Gasteiger partial charge in [0.1, 0.15) is 11.5 Å². The molecule has 32 heavy (non-hydrogen) atoms. The van der Waals surface area contributed by atoms with Crippen LogP contribution in [0.1, 0.15) is 87.2 Å². The van der Waals surface area contributed by atoms with Gasteiger partial charge < -0.3 is 18.9 Å². The van der Waals surface area contributed by atoms with Crippen LogP contribution in [0.3, 0.4) is 0 Å². The molecule has 2 saturated carbocycles. The summed E-state index contributed by atoms with van der Waals surface area (Å²) in [5, 5.41) is 0. The number of hydrogen-bond donors (Lipinski definition) is 0. The molecule has 0 spiro atoms. The molecule has 0 radical (unpaired) electrons. The third-order valence-electron chi connectivity index (χ3n) is 7.29. The highest BCUT2D eigenvalue weighted by atomic mass is 16.8. The van der Waals surface area contributed by atoms with Crippen LogP contribution >= 0.6 is 0 Å². The fourth-order valence-electron chi connectivity index (χ4n) is 5.44. The second-order valence-corrected chi connectivity index (χ2v) is 9.52. The third kappa shape index (κ3) is 5.47. The topological polar surface area (TPSA) is 36.9 Å². The van der Waals surface area contributed by atoms with Gasteiger partial charge in [-0.05, 0) is 72.9 Å². The molecule has 0 unspecified atom stereocenters. The van der Waals surface area contributed by atoms with Crippen molar-refractivity contribution in [2.24, 2.45) is 0 Å². The second kappa shape index (κ2) is 10.7. The van der Waals surface area contributed by atoms with Gasteiger partial charge in [-0.1, -0.05) is 62.8 Å². The average Bonchev–Trinajstić information content (AvgIpc) is 2.87. The third-order valence-corrected chi connectivity index (χ3v) is 7.29. The first-order chi connectivity index (χ1) is 15.8. The van der Waals surface area contributed by atoms with E-state index in [2.05, 4.69) is 48.5 Å². The van der Waals surface area contributed by atoms with Crippen molar-refractivity contribution in [1.29, 1.82) is 0 Å². The van der Waals surface area contributed by atoms with Gasteiger partial charge in [-0.15, -0.1) is 0 Å². The Labute approximate surface area is 192 Å². The summed E-state index contributed by atoms with van der Waals surface area (Å²) >= 11 is 0. The average molecular weight is 437 g/mol. The quantitative estimate of drug-likeness (QED) is 0.491. The predicted octanol–water partition coefficient (Wildman–Crippen LogP) is 6.94. The molecule has 0 amide bonds. The molecule has 5 rings (SSSR count). The monoisotopic (exact) mass is 436 g/mol. The summed E-state index contributed by atoms with van der Waals surface area (Å²) in [7, 11) is 0. The Balaban J connectivity index is 1.19. The lowest BCUT2D eigenvalue weighted by Gasteiger charge is -2.32. The van der Waals surface area contributed by atoms with Crippen LogP contribution in [-0.4, -0.2) is 25.8 Å². The summed E-state index contributed by atoms with van der Waals surface area (Å²) in [6, 6.07) is 17.0. The van der Waals surface area contributed by atoms with E-state index >= 15 is 0 Å². The van der Waals surface area contributed by atoms with E-state index in [0.29, 0.717) is 25.0 Å². The fourth-order valence-corrected chi connectivity index (χ4v) is 5.44. The zero-order valence-electron chi connectivity index (χ0n) is 19.0. The zero-order chi connectivity index (χ0) is 21.6. The maximum absolute atomic E-state index is 6.13. The smallest absolute Gasteiger partial charge is 0.263 e. The van der Waals surface area contributed by atoms with Gasteiger partial charge in [0.25, 0.3) is 12.6 Å². The first-order valence-corrected chi connectivity index (χ1v) is 12.6. The Bertz CT molecular complexity index is 748. The van der Waals surface area contributed by atoms with Crippen molar-refractivity contribution in [3.8, 4) is 11.5 Å². The van der Waals surface area contributed by atoms with Crippen molar-refractivity contribution < 1.29 is 18.9 Å². The van der Waals surface area contributed by atoms with E-state index in [-0.39, 0.29) is 0 Å². The molecule has 172 valence electrons. The van der Waals surface area contributed by atoms with Crippen LogP contribution in [0.2, 0.25) is 0 Å². The molecular weight excluding hydrogens is 400 g/mol. The SMILES string of the molecule is c1cc(C2CCCCC2)ccc1O[C@H]1OCCO[C@@H]1Oc1ccc(C2CCCCC2)cc1. The van der Waals surface area contributed by atoms with Crippen LogP contribution < -0.4 is 9.47 Å². The van der Waals surface area contributed by atoms with Crippen molar-refractivity contribution in [3.05, 3.63) is 59.7 Å². The summed E-state index contributed by atoms with van der Waals surface area (Å²) in [5.74, 6) is 2.97. The standard InChI is InChI=1S/C28H36O4/c1-3-7-21(8-4-1)23-11-15-25(16-12-23)31-27-28(30-20-19-29-27)32-26-17-13-24(14-18-26)22-9-5-2-6-10-22/h11-18,21-22,27-28H,1-10,19-20H2/t27-,28-/m1/s1. The van der Waals surface area contributed by atoms with E-state index in [1.54, 1.807) is 0 Å². The summed E-state index contributed by atoms with van der Waals surface area (Å²) < 4.78 is 24.0. The van der Waals surface area contributed by atoms with Gasteiger partial charge in [-0.25, -0.2) is 0 Å². The van der Waals surface area contributed by atoms with Crippen molar-refractivity contribution in [2.75, 3.05) is 13.2 Å². The summed E-state index contributed by atoms with van der Waals surface area (Å²) in [4.78, 5) is 0. The van der Waals surface area contributed by atoms with E-state index < -0.39 is 12.6 Å². The van der Waals surface area contributed by atoms with Crippen molar-refractivity contribution in [1.82, 2.24) is 0 Å². The van der Waals surface area contributed by atoms with E-state index in [9.17, 15) is 0 Å². The summed E-state index contributed by atoms with van der Waals surface area (Å²) in [6.45, 7) is 1.01. The molecule has 0 bridgehead atoms. The molecule has 3 fully saturated rings. The lowest BCUT2D eigenvalue weighted by Crippen LogP contribution is -2.45. The van der Waals surface area contributed by atoms with Gasteiger partial charge in [-0.2, -0.15) is 0 Å². The second-order valence-electron chi connectivity index (χ2n) is 9.52. The normalized spacial score (nSPS) is 25.4. The number of benzene rings is 2. The molecule has 2 aromatic carbocycles. The van der Waals surface area contributed by atoms with Crippen molar-refractivity contribution in [2.45, 2.75) is 88.6 Å². The molecule has 2 atom stereocenters. The number of hydrogen-bond acceptors (Lipinski definition) is 4. The van der Waals surface area contributed by atoms with Gasteiger partial charge in [0.2, 0.25) is 0 Å². The van der Waals surface area contributed by atoms with Crippen LogP contribution in [0, 0.1) is 0 Å². The first kappa shape index (κ1) is 21.8. The zero-order valence-corrected chi connectivity index (χ0v) is 19.0. The van der Waals surface area contributed by atoms with Gasteiger partial charge in [0.15, 0.2) is 0 Å². The highest BCUT2D eigenvalue weighted by Gasteiger charge is 2.31. The molecule has 1 heterocycles. The lowest BCUT2D eigenvalue weighted by molar-refractivity contribution is -0.271. The fraction of sp³-hybridized carbons (Fsp3) is 0.571. The number of ether oxygens (including phenoxy) is 4. The van der Waals surface area contributed by atoms with Gasteiger partial charge in [0, 0.05) is 0 Å². The Hall–Kier alpha value is -2.04. The van der Waals surface area contributed by atoms with E-state index in [1.165, 1.54) is 75.3 Å². The molecule has 0 N–H and O–H groups in total. The molecule has 2 aromatic rings. The Kier molecular flexibility index (Phi) is 7.30. The molecular formula is C28H36O4. The maximum atomic E-state index is 6.13. The minimum absolute atomic E-state index is 0.505. The van der Waals surface area contributed by atoms with Crippen LogP contribution in [0.5, 0.6) is 11.5 Å². The van der Waals surface area contributed by atoms with Crippen LogP contribution in [0.4, 0.5) is 0 Å². The van der Waals surface area contributed by atoms with Crippen LogP contribution in [0.15, 0.2) is 48.5 Å². The van der Waals surface area contributed by atoms with E-state index in [4.69, 9.17) is 18.9 Å². The van der Waals surface area contributed by atoms with E-state index in [1.807, 2.05) is 0 Å². The molecule has 1 saturated heterocycles. The molecule has 2 aliphatic carbocycles. The van der Waals surface area contributed by atoms with E-state index in [0.717, 1.165) is 11.5 Å². The van der Waals surface area contributed by atoms with Crippen LogP contribution in [-0.2, 0) is 9.47 Å². The Morgan fingerprint density at radius 2 is 0.875 bits per heavy atom. The Morgan fingerprint density at radius 1 is 0.500 bits per heavy atom. The molecule has 3 aliphatic rings. The van der Waals surface area contributed by atoms with Gasteiger partial charge in [0.05, 0.1) is 13.2 Å². The van der Waals surface area contributed by atoms with Gasteiger partial charge >= 0.3 is 0 Å². The minimum atomic E-state index is -0.581. The highest BCUT2D eigenvalue weighted by Crippen LogP contribution is 2.35. The molecule has 4 heteroatoms. The molecule has 1 aliphatic heterocycles. The Morgan fingerprint density at radius 3 is 1.25 bits per heavy atom. The maximum Gasteiger partial charge on any atom is 0.263 e. The highest BCUT2D eigenvalue weighted by molar-refractivity contribution is 5.31. The number of rotatable bonds is 6. The summed E-state index contributed by atoms with van der Waals surface area (Å²) in [5.41, 5.74) is 2.84. The van der Waals surface area contributed by atoms with Gasteiger partial charge in [-0.3, -0.25) is 0 Å². The predicted molar refractivity (Wildman–Crippen MR) is 125 cm³/mol. The summed E-state index contributed by atoms with van der Waals surface area (Å²) in [6.07, 6.45) is 12.2. The van der Waals surface area contributed by atoms with Crippen molar-refractivity contribution >= 4 is 0 Å². The lowest BCUT2D eigenvalue weighted by atomic mass is 9.84. The minimum Gasteiger partial charge on any atom is -0.458 e. The largest absolute Gasteiger partial charge is 0.458 e. The first-order valence-electron chi connectivity index (χ1n) is 12.6. The van der Waals surface area contributed by atoms with Crippen molar-refractivity contribution in [3.63, 3.8) is 0 Å². The molecule has 4 nitrogen and oxygen atoms in total. The van der Waals surface area contributed by atoms with Crippen LogP contribution in [0.25, 0.3) is 0 Å².